The van der Waals surface area contributed by atoms with Gasteiger partial charge in [-0.2, -0.15) is 5.10 Å². The summed E-state index contributed by atoms with van der Waals surface area (Å²) in [5.41, 5.74) is 2.84. The zero-order valence-electron chi connectivity index (χ0n) is 9.87. The van der Waals surface area contributed by atoms with Crippen LogP contribution in [-0.4, -0.2) is 14.9 Å². The van der Waals surface area contributed by atoms with Gasteiger partial charge in [-0.1, -0.05) is 35.9 Å². The van der Waals surface area contributed by atoms with Gasteiger partial charge in [0.15, 0.2) is 0 Å². The first-order valence-corrected chi connectivity index (χ1v) is 5.59. The predicted octanol–water partition coefficient (Wildman–Crippen LogP) is 2.46. The number of hydrogen-bond acceptors (Lipinski definition) is 2. The molecule has 1 N–H and O–H groups in total. The molecule has 3 nitrogen and oxygen atoms in total. The summed E-state index contributed by atoms with van der Waals surface area (Å²) in [6.45, 7) is 6.31. The summed E-state index contributed by atoms with van der Waals surface area (Å²) < 4.78 is 1.75. The highest BCUT2D eigenvalue weighted by molar-refractivity contribution is 5.28. The molecule has 0 fully saturated rings. The van der Waals surface area contributed by atoms with Crippen LogP contribution in [0.4, 0.5) is 0 Å². The van der Waals surface area contributed by atoms with E-state index >= 15 is 0 Å². The van der Waals surface area contributed by atoms with E-state index < -0.39 is 6.10 Å². The standard InChI is InChI=1S/C14H16N2O/c1-3-10-16-13(8-9-15-16)14(17)12-6-4-11(2)5-7-12/h3-9,14,17H,1,10H2,2H3. The number of aliphatic hydroxyl groups excluding tert-OH is 1. The van der Waals surface area contributed by atoms with E-state index in [0.29, 0.717) is 6.54 Å². The normalized spacial score (nSPS) is 12.4. The molecular weight excluding hydrogens is 212 g/mol. The van der Waals surface area contributed by atoms with E-state index in [9.17, 15) is 5.11 Å². The first kappa shape index (κ1) is 11.6. The molecule has 1 heterocycles. The molecule has 1 aromatic carbocycles. The second-order valence-corrected chi connectivity index (χ2v) is 4.04. The van der Waals surface area contributed by atoms with E-state index in [1.807, 2.05) is 37.3 Å². The zero-order valence-corrected chi connectivity index (χ0v) is 9.87. The molecule has 17 heavy (non-hydrogen) atoms. The minimum Gasteiger partial charge on any atom is -0.382 e. The van der Waals surface area contributed by atoms with Crippen molar-refractivity contribution < 1.29 is 5.11 Å². The van der Waals surface area contributed by atoms with Crippen molar-refractivity contribution in [1.82, 2.24) is 9.78 Å². The fourth-order valence-electron chi connectivity index (χ4n) is 1.77. The molecule has 0 saturated heterocycles. The molecule has 88 valence electrons. The Kier molecular flexibility index (Phi) is 3.40. The fourth-order valence-corrected chi connectivity index (χ4v) is 1.77. The predicted molar refractivity (Wildman–Crippen MR) is 67.7 cm³/mol. The van der Waals surface area contributed by atoms with E-state index in [1.165, 1.54) is 5.56 Å². The average Bonchev–Trinajstić information content (AvgIpc) is 2.78. The molecule has 0 aliphatic carbocycles. The van der Waals surface area contributed by atoms with Crippen LogP contribution in [0.25, 0.3) is 0 Å². The van der Waals surface area contributed by atoms with Gasteiger partial charge >= 0.3 is 0 Å². The highest BCUT2D eigenvalue weighted by Gasteiger charge is 2.14. The Hall–Kier alpha value is -1.87. The first-order chi connectivity index (χ1) is 8.22. The number of benzene rings is 1. The maximum atomic E-state index is 10.3. The first-order valence-electron chi connectivity index (χ1n) is 5.59. The molecule has 0 aliphatic rings. The van der Waals surface area contributed by atoms with Crippen LogP contribution >= 0.6 is 0 Å². The number of rotatable bonds is 4. The fraction of sp³-hybridized carbons (Fsp3) is 0.214. The largest absolute Gasteiger partial charge is 0.382 e. The summed E-state index contributed by atoms with van der Waals surface area (Å²) in [5, 5.41) is 14.4. The van der Waals surface area contributed by atoms with E-state index in [2.05, 4.69) is 11.7 Å². The molecule has 0 amide bonds. The van der Waals surface area contributed by atoms with Crippen molar-refractivity contribution in [2.24, 2.45) is 0 Å². The van der Waals surface area contributed by atoms with Gasteiger partial charge < -0.3 is 5.11 Å². The zero-order chi connectivity index (χ0) is 12.3. The molecule has 0 spiro atoms. The molecule has 0 saturated carbocycles. The van der Waals surface area contributed by atoms with E-state index in [1.54, 1.807) is 17.0 Å². The highest BCUT2D eigenvalue weighted by atomic mass is 16.3. The van der Waals surface area contributed by atoms with E-state index in [4.69, 9.17) is 0 Å². The maximum absolute atomic E-state index is 10.3. The Morgan fingerprint density at radius 2 is 2.06 bits per heavy atom. The summed E-state index contributed by atoms with van der Waals surface area (Å²) in [6, 6.07) is 9.68. The maximum Gasteiger partial charge on any atom is 0.121 e. The second kappa shape index (κ2) is 4.97. The Balaban J connectivity index is 2.29. The third-order valence-corrected chi connectivity index (χ3v) is 2.72. The molecule has 0 aliphatic heterocycles. The van der Waals surface area contributed by atoms with Crippen molar-refractivity contribution in [1.29, 1.82) is 0 Å². The van der Waals surface area contributed by atoms with Crippen LogP contribution in [0.2, 0.25) is 0 Å². The van der Waals surface area contributed by atoms with Gasteiger partial charge in [0.1, 0.15) is 6.10 Å². The Morgan fingerprint density at radius 1 is 1.35 bits per heavy atom. The van der Waals surface area contributed by atoms with Crippen LogP contribution in [0.1, 0.15) is 22.9 Å². The second-order valence-electron chi connectivity index (χ2n) is 4.04. The van der Waals surface area contributed by atoms with Gasteiger partial charge in [0.2, 0.25) is 0 Å². The molecule has 2 aromatic rings. The van der Waals surface area contributed by atoms with Crippen LogP contribution in [0.3, 0.4) is 0 Å². The molecule has 1 atom stereocenters. The third-order valence-electron chi connectivity index (χ3n) is 2.72. The highest BCUT2D eigenvalue weighted by Crippen LogP contribution is 2.21. The number of aryl methyl sites for hydroxylation is 1. The van der Waals surface area contributed by atoms with Crippen molar-refractivity contribution in [3.05, 3.63) is 66.0 Å². The summed E-state index contributed by atoms with van der Waals surface area (Å²) >= 11 is 0. The molecular formula is C14H16N2O. The number of aromatic nitrogens is 2. The topological polar surface area (TPSA) is 38.0 Å². The Bertz CT molecular complexity index is 499. The lowest BCUT2D eigenvalue weighted by molar-refractivity contribution is 0.208. The van der Waals surface area contributed by atoms with E-state index in [-0.39, 0.29) is 0 Å². The lowest BCUT2D eigenvalue weighted by atomic mass is 10.1. The Morgan fingerprint density at radius 3 is 2.71 bits per heavy atom. The van der Waals surface area contributed by atoms with Crippen molar-refractivity contribution in [3.63, 3.8) is 0 Å². The van der Waals surface area contributed by atoms with Crippen LogP contribution in [-0.2, 0) is 6.54 Å². The minimum atomic E-state index is -0.641. The third kappa shape index (κ3) is 2.45. The lowest BCUT2D eigenvalue weighted by Crippen LogP contribution is -2.09. The van der Waals surface area contributed by atoms with Crippen LogP contribution in [0.15, 0.2) is 49.2 Å². The summed E-state index contributed by atoms with van der Waals surface area (Å²) in [4.78, 5) is 0. The average molecular weight is 228 g/mol. The van der Waals surface area contributed by atoms with Crippen molar-refractivity contribution in [2.75, 3.05) is 0 Å². The van der Waals surface area contributed by atoms with Gasteiger partial charge in [0.25, 0.3) is 0 Å². The number of allylic oxidation sites excluding steroid dienone is 1. The summed E-state index contributed by atoms with van der Waals surface area (Å²) in [6.07, 6.45) is 2.81. The monoisotopic (exact) mass is 228 g/mol. The van der Waals surface area contributed by atoms with Crippen LogP contribution in [0, 0.1) is 6.92 Å². The molecule has 2 rings (SSSR count). The molecule has 1 unspecified atom stereocenters. The Labute approximate surface area is 101 Å². The number of nitrogens with zero attached hydrogens (tertiary/aromatic N) is 2. The van der Waals surface area contributed by atoms with Gasteiger partial charge in [-0.3, -0.25) is 4.68 Å². The number of aliphatic hydroxyl groups is 1. The number of hydrogen-bond donors (Lipinski definition) is 1. The van der Waals surface area contributed by atoms with Gasteiger partial charge in [-0.15, -0.1) is 6.58 Å². The minimum absolute atomic E-state index is 0.602. The van der Waals surface area contributed by atoms with Gasteiger partial charge in [-0.05, 0) is 18.6 Å². The smallest absolute Gasteiger partial charge is 0.121 e. The van der Waals surface area contributed by atoms with Crippen molar-refractivity contribution in [2.45, 2.75) is 19.6 Å². The van der Waals surface area contributed by atoms with E-state index in [0.717, 1.165) is 11.3 Å². The van der Waals surface area contributed by atoms with Gasteiger partial charge in [-0.25, -0.2) is 0 Å². The molecule has 1 aromatic heterocycles. The van der Waals surface area contributed by atoms with Crippen LogP contribution < -0.4 is 0 Å². The lowest BCUT2D eigenvalue weighted by Gasteiger charge is -2.13. The summed E-state index contributed by atoms with van der Waals surface area (Å²) in [7, 11) is 0. The summed E-state index contributed by atoms with van der Waals surface area (Å²) in [5.74, 6) is 0. The molecule has 0 radical (unpaired) electrons. The van der Waals surface area contributed by atoms with Crippen LogP contribution in [0.5, 0.6) is 0 Å². The molecule has 0 bridgehead atoms. The van der Waals surface area contributed by atoms with Crippen molar-refractivity contribution >= 4 is 0 Å². The SMILES string of the molecule is C=CCn1nccc1C(O)c1ccc(C)cc1. The quantitative estimate of drug-likeness (QED) is 0.816. The van der Waals surface area contributed by atoms with Gasteiger partial charge in [0.05, 0.1) is 12.2 Å². The van der Waals surface area contributed by atoms with Crippen molar-refractivity contribution in [3.8, 4) is 0 Å². The molecule has 3 heteroatoms. The van der Waals surface area contributed by atoms with Gasteiger partial charge in [0, 0.05) is 6.20 Å².